The van der Waals surface area contributed by atoms with Gasteiger partial charge in [-0.05, 0) is 30.3 Å². The molecule has 1 aromatic carbocycles. The van der Waals surface area contributed by atoms with Crippen molar-refractivity contribution in [2.45, 2.75) is 39.2 Å². The summed E-state index contributed by atoms with van der Waals surface area (Å²) in [5.41, 5.74) is 0.349. The van der Waals surface area contributed by atoms with Crippen molar-refractivity contribution in [1.29, 1.82) is 0 Å². The van der Waals surface area contributed by atoms with Crippen molar-refractivity contribution < 1.29 is 22.3 Å². The Kier molecular flexibility index (Phi) is 5.02. The molecule has 0 spiro atoms. The first-order valence-corrected chi connectivity index (χ1v) is 6.76. The van der Waals surface area contributed by atoms with Gasteiger partial charge in [0.2, 0.25) is 0 Å². The van der Waals surface area contributed by atoms with Crippen molar-refractivity contribution in [3.8, 4) is 5.75 Å². The van der Waals surface area contributed by atoms with E-state index in [1.807, 2.05) is 0 Å². The summed E-state index contributed by atoms with van der Waals surface area (Å²) in [7, 11) is 0. The summed E-state index contributed by atoms with van der Waals surface area (Å²) in [5.74, 6) is -0.226. The van der Waals surface area contributed by atoms with Crippen molar-refractivity contribution in [3.63, 3.8) is 0 Å². The lowest BCUT2D eigenvalue weighted by Crippen LogP contribution is -2.21. The van der Waals surface area contributed by atoms with Gasteiger partial charge in [-0.25, -0.2) is 9.07 Å². The van der Waals surface area contributed by atoms with Crippen LogP contribution in [0.25, 0.3) is 0 Å². The quantitative estimate of drug-likeness (QED) is 0.824. The minimum atomic E-state index is -4.43. The number of nitrogens with one attached hydrogen (secondary N) is 1. The molecule has 2 rings (SSSR count). The number of nitrogens with zero attached hydrogens (tertiary/aromatic N) is 4. The Morgan fingerprint density at radius 1 is 1.26 bits per heavy atom. The monoisotopic (exact) mass is 333 g/mol. The molecule has 1 N–H and O–H groups in total. The SMILES string of the molecule is CC(C)Oc1cc(F)cc(NCc2nnnn2CC(F)(F)F)c1. The predicted molar refractivity (Wildman–Crippen MR) is 73.4 cm³/mol. The van der Waals surface area contributed by atoms with Crippen LogP contribution in [0.15, 0.2) is 18.2 Å². The summed E-state index contributed by atoms with van der Waals surface area (Å²) < 4.78 is 56.7. The number of halogens is 4. The molecule has 0 aliphatic carbocycles. The molecule has 0 aliphatic rings. The number of hydrogen-bond donors (Lipinski definition) is 1. The third kappa shape index (κ3) is 5.38. The normalized spacial score (nSPS) is 11.8. The van der Waals surface area contributed by atoms with Crippen molar-refractivity contribution in [2.24, 2.45) is 0 Å². The number of tetrazole rings is 1. The second-order valence-corrected chi connectivity index (χ2v) is 5.06. The van der Waals surface area contributed by atoms with Crippen LogP contribution in [-0.4, -0.2) is 32.5 Å². The number of ether oxygens (including phenoxy) is 1. The fourth-order valence-electron chi connectivity index (χ4n) is 1.83. The Hall–Kier alpha value is -2.39. The van der Waals surface area contributed by atoms with Gasteiger partial charge in [-0.2, -0.15) is 13.2 Å². The number of rotatable bonds is 6. The second-order valence-electron chi connectivity index (χ2n) is 5.06. The predicted octanol–water partition coefficient (Wildman–Crippen LogP) is 2.77. The highest BCUT2D eigenvalue weighted by atomic mass is 19.4. The average Bonchev–Trinajstić information content (AvgIpc) is 2.80. The van der Waals surface area contributed by atoms with E-state index < -0.39 is 18.5 Å². The molecule has 1 heterocycles. The lowest BCUT2D eigenvalue weighted by molar-refractivity contribution is -0.143. The number of alkyl halides is 3. The maximum Gasteiger partial charge on any atom is 0.408 e. The van der Waals surface area contributed by atoms with Gasteiger partial charge in [-0.15, -0.1) is 5.10 Å². The van der Waals surface area contributed by atoms with Crippen LogP contribution in [0.5, 0.6) is 5.75 Å². The molecule has 0 saturated heterocycles. The summed E-state index contributed by atoms with van der Waals surface area (Å²) in [4.78, 5) is 0. The molecule has 23 heavy (non-hydrogen) atoms. The summed E-state index contributed by atoms with van der Waals surface area (Å²) in [6, 6.07) is 3.96. The Morgan fingerprint density at radius 2 is 2.00 bits per heavy atom. The van der Waals surface area contributed by atoms with Gasteiger partial charge in [0.1, 0.15) is 18.1 Å². The zero-order valence-electron chi connectivity index (χ0n) is 12.4. The molecule has 6 nitrogen and oxygen atoms in total. The third-order valence-electron chi connectivity index (χ3n) is 2.63. The molecule has 0 unspecified atom stereocenters. The van der Waals surface area contributed by atoms with Crippen LogP contribution in [-0.2, 0) is 13.1 Å². The van der Waals surface area contributed by atoms with Crippen LogP contribution < -0.4 is 10.1 Å². The molecule has 0 aliphatic heterocycles. The molecule has 0 fully saturated rings. The second kappa shape index (κ2) is 6.80. The van der Waals surface area contributed by atoms with Crippen molar-refractivity contribution >= 4 is 5.69 Å². The molecule has 0 saturated carbocycles. The lowest BCUT2D eigenvalue weighted by Gasteiger charge is -2.13. The van der Waals surface area contributed by atoms with E-state index in [0.29, 0.717) is 16.1 Å². The Labute approximate surface area is 129 Å². The van der Waals surface area contributed by atoms with Gasteiger partial charge in [0.15, 0.2) is 5.82 Å². The van der Waals surface area contributed by atoms with E-state index in [1.54, 1.807) is 19.9 Å². The molecular formula is C13H15F4N5O. The zero-order chi connectivity index (χ0) is 17.0. The molecule has 2 aromatic rings. The Balaban J connectivity index is 2.07. The smallest absolute Gasteiger partial charge is 0.408 e. The molecule has 0 radical (unpaired) electrons. The van der Waals surface area contributed by atoms with E-state index in [2.05, 4.69) is 20.8 Å². The van der Waals surface area contributed by atoms with Crippen molar-refractivity contribution in [2.75, 3.05) is 5.32 Å². The number of hydrogen-bond acceptors (Lipinski definition) is 5. The molecule has 0 atom stereocenters. The Bertz CT molecular complexity index is 656. The summed E-state index contributed by atoms with van der Waals surface area (Å²) >= 11 is 0. The van der Waals surface area contributed by atoms with Crippen LogP contribution in [0, 0.1) is 5.82 Å². The topological polar surface area (TPSA) is 64.9 Å². The van der Waals surface area contributed by atoms with Gasteiger partial charge in [-0.3, -0.25) is 0 Å². The van der Waals surface area contributed by atoms with Crippen LogP contribution >= 0.6 is 0 Å². The van der Waals surface area contributed by atoms with Crippen molar-refractivity contribution in [1.82, 2.24) is 20.2 Å². The molecule has 0 bridgehead atoms. The van der Waals surface area contributed by atoms with Gasteiger partial charge in [0.25, 0.3) is 0 Å². The van der Waals surface area contributed by atoms with Crippen LogP contribution in [0.4, 0.5) is 23.2 Å². The molecule has 0 amide bonds. The highest BCUT2D eigenvalue weighted by Gasteiger charge is 2.30. The minimum absolute atomic E-state index is 0.0158. The molecule has 126 valence electrons. The molecular weight excluding hydrogens is 318 g/mol. The van der Waals surface area contributed by atoms with Gasteiger partial charge in [0.05, 0.1) is 12.6 Å². The highest BCUT2D eigenvalue weighted by molar-refractivity contribution is 5.48. The van der Waals surface area contributed by atoms with E-state index in [1.165, 1.54) is 12.1 Å². The fourth-order valence-corrected chi connectivity index (χ4v) is 1.83. The van der Waals surface area contributed by atoms with Gasteiger partial charge >= 0.3 is 6.18 Å². The maximum absolute atomic E-state index is 13.5. The maximum atomic E-state index is 13.5. The van der Waals surface area contributed by atoms with Crippen LogP contribution in [0.1, 0.15) is 19.7 Å². The number of benzene rings is 1. The van der Waals surface area contributed by atoms with E-state index in [0.717, 1.165) is 0 Å². The van der Waals surface area contributed by atoms with E-state index in [9.17, 15) is 17.6 Å². The van der Waals surface area contributed by atoms with E-state index in [4.69, 9.17) is 4.74 Å². The zero-order valence-corrected chi connectivity index (χ0v) is 12.4. The van der Waals surface area contributed by atoms with E-state index in [-0.39, 0.29) is 18.5 Å². The lowest BCUT2D eigenvalue weighted by atomic mass is 10.3. The Morgan fingerprint density at radius 3 is 2.65 bits per heavy atom. The molecule has 1 aromatic heterocycles. The minimum Gasteiger partial charge on any atom is -0.491 e. The van der Waals surface area contributed by atoms with E-state index >= 15 is 0 Å². The fraction of sp³-hybridized carbons (Fsp3) is 0.462. The number of anilines is 1. The first kappa shape index (κ1) is 17.0. The van der Waals surface area contributed by atoms with Gasteiger partial charge in [-0.1, -0.05) is 0 Å². The van der Waals surface area contributed by atoms with Crippen molar-refractivity contribution in [3.05, 3.63) is 29.8 Å². The van der Waals surface area contributed by atoms with Crippen LogP contribution in [0.3, 0.4) is 0 Å². The summed E-state index contributed by atoms with van der Waals surface area (Å²) in [5, 5.41) is 12.8. The van der Waals surface area contributed by atoms with Crippen LogP contribution in [0.2, 0.25) is 0 Å². The standard InChI is InChI=1S/C13H15F4N5O/c1-8(2)23-11-4-9(14)3-10(5-11)18-6-12-19-20-21-22(12)7-13(15,16)17/h3-5,8,18H,6-7H2,1-2H3. The first-order chi connectivity index (χ1) is 10.7. The van der Waals surface area contributed by atoms with Gasteiger partial charge in [0, 0.05) is 17.8 Å². The summed E-state index contributed by atoms with van der Waals surface area (Å²) in [6.45, 7) is 2.21. The first-order valence-electron chi connectivity index (χ1n) is 6.76. The van der Waals surface area contributed by atoms with Gasteiger partial charge < -0.3 is 10.1 Å². The number of aromatic nitrogens is 4. The average molecular weight is 333 g/mol. The third-order valence-corrected chi connectivity index (χ3v) is 2.63. The largest absolute Gasteiger partial charge is 0.491 e. The highest BCUT2D eigenvalue weighted by Crippen LogP contribution is 2.22. The molecule has 10 heteroatoms. The summed E-state index contributed by atoms with van der Waals surface area (Å²) in [6.07, 6.45) is -4.56.